The van der Waals surface area contributed by atoms with Gasteiger partial charge in [-0.15, -0.1) is 0 Å². The molecule has 3 nitrogen and oxygen atoms in total. The Hall–Kier alpha value is -1.27. The number of aliphatic carboxylic acids is 1. The Morgan fingerprint density at radius 3 is 2.41 bits per heavy atom. The van der Waals surface area contributed by atoms with Crippen LogP contribution in [0.25, 0.3) is 0 Å². The molecule has 0 rings (SSSR count). The number of hydrogen-bond donors (Lipinski definition) is 2. The summed E-state index contributed by atoms with van der Waals surface area (Å²) in [5.74, 6) is 5.38. The van der Waals surface area contributed by atoms with Crippen LogP contribution in [0.3, 0.4) is 0 Å². The summed E-state index contributed by atoms with van der Waals surface area (Å²) in [4.78, 5) is 10.3. The minimum atomic E-state index is -0.696. The molecule has 0 aromatic heterocycles. The third-order valence-corrected chi connectivity index (χ3v) is 3.55. The summed E-state index contributed by atoms with van der Waals surface area (Å²) in [5, 5.41) is 18.2. The van der Waals surface area contributed by atoms with Crippen molar-refractivity contribution in [1.29, 1.82) is 0 Å². The quantitative estimate of drug-likeness (QED) is 0.383. The molecule has 0 unspecified atom stereocenters. The maximum atomic E-state index is 10.3. The number of unbranched alkanes of at least 4 members (excludes halogenated alkanes) is 8. The van der Waals surface area contributed by atoms with Gasteiger partial charge in [0.15, 0.2) is 0 Å². The van der Waals surface area contributed by atoms with Crippen molar-refractivity contribution in [3.8, 4) is 11.8 Å². The van der Waals surface area contributed by atoms with Crippen LogP contribution in [0.2, 0.25) is 0 Å². The molecule has 0 aromatic rings. The van der Waals surface area contributed by atoms with Crippen molar-refractivity contribution in [3.05, 3.63) is 12.2 Å². The van der Waals surface area contributed by atoms with Gasteiger partial charge in [-0.3, -0.25) is 4.79 Å². The summed E-state index contributed by atoms with van der Waals surface area (Å²) in [5.41, 5.74) is 0. The Morgan fingerprint density at radius 2 is 1.73 bits per heavy atom. The monoisotopic (exact) mass is 308 g/mol. The number of aliphatic hydroxyl groups is 1. The van der Waals surface area contributed by atoms with E-state index in [1.54, 1.807) is 12.2 Å². The number of carbonyl (C=O) groups is 1. The van der Waals surface area contributed by atoms with Gasteiger partial charge in [0.2, 0.25) is 0 Å². The molecule has 0 aliphatic heterocycles. The Bertz CT molecular complexity index is 349. The van der Waals surface area contributed by atoms with E-state index in [-0.39, 0.29) is 6.10 Å². The topological polar surface area (TPSA) is 57.5 Å². The smallest absolute Gasteiger partial charge is 0.303 e. The van der Waals surface area contributed by atoms with Crippen molar-refractivity contribution in [1.82, 2.24) is 0 Å². The molecule has 0 aromatic carbocycles. The molecule has 126 valence electrons. The highest BCUT2D eigenvalue weighted by atomic mass is 16.4. The van der Waals surface area contributed by atoms with Gasteiger partial charge in [0.25, 0.3) is 0 Å². The lowest BCUT2D eigenvalue weighted by Crippen LogP contribution is -2.00. The second-order valence-electron chi connectivity index (χ2n) is 5.76. The van der Waals surface area contributed by atoms with Crippen LogP contribution in [0.15, 0.2) is 12.2 Å². The molecule has 0 saturated heterocycles. The van der Waals surface area contributed by atoms with E-state index in [0.717, 1.165) is 57.8 Å². The number of rotatable bonds is 13. The molecule has 3 heteroatoms. The average Bonchev–Trinajstić information content (AvgIpc) is 2.48. The number of aliphatic hydroxyl groups excluding tert-OH is 1. The van der Waals surface area contributed by atoms with Gasteiger partial charge in [0.1, 0.15) is 0 Å². The minimum Gasteiger partial charge on any atom is -0.481 e. The Kier molecular flexibility index (Phi) is 15.2. The zero-order chi connectivity index (χ0) is 16.5. The van der Waals surface area contributed by atoms with Crippen LogP contribution in [0.1, 0.15) is 84.0 Å². The Labute approximate surface area is 135 Å². The lowest BCUT2D eigenvalue weighted by atomic mass is 10.1. The largest absolute Gasteiger partial charge is 0.481 e. The minimum absolute atomic E-state index is 0.294. The Balaban J connectivity index is 3.39. The van der Waals surface area contributed by atoms with Crippen LogP contribution in [0, 0.1) is 11.8 Å². The van der Waals surface area contributed by atoms with E-state index in [1.807, 2.05) is 0 Å². The van der Waals surface area contributed by atoms with Crippen molar-refractivity contribution >= 4 is 5.97 Å². The second-order valence-corrected chi connectivity index (χ2v) is 5.76. The maximum Gasteiger partial charge on any atom is 0.303 e. The maximum absolute atomic E-state index is 10.3. The van der Waals surface area contributed by atoms with Gasteiger partial charge >= 0.3 is 5.97 Å². The van der Waals surface area contributed by atoms with Crippen LogP contribution in [0.4, 0.5) is 0 Å². The van der Waals surface area contributed by atoms with Crippen molar-refractivity contribution in [2.45, 2.75) is 90.1 Å². The van der Waals surface area contributed by atoms with Gasteiger partial charge < -0.3 is 10.2 Å². The van der Waals surface area contributed by atoms with E-state index in [9.17, 15) is 9.90 Å². The summed E-state index contributed by atoms with van der Waals surface area (Å²) in [6.07, 6.45) is 15.0. The fourth-order valence-electron chi connectivity index (χ4n) is 2.19. The first-order chi connectivity index (χ1) is 10.7. The standard InChI is InChI=1S/C19H32O3/c1-2-3-12-15-18(20)16-13-10-8-6-4-5-7-9-11-14-17-19(21)22/h13,16,18,20H,2-7,9,11-12,14-15,17H2,1H3,(H,21,22)/b16-13+/t18-/m1/s1. The number of hydrogen-bond acceptors (Lipinski definition) is 2. The molecule has 22 heavy (non-hydrogen) atoms. The summed E-state index contributed by atoms with van der Waals surface area (Å²) in [6, 6.07) is 0. The zero-order valence-electron chi connectivity index (χ0n) is 14.0. The summed E-state index contributed by atoms with van der Waals surface area (Å²) >= 11 is 0. The fraction of sp³-hybridized carbons (Fsp3) is 0.737. The first-order valence-corrected chi connectivity index (χ1v) is 8.71. The highest BCUT2D eigenvalue weighted by Gasteiger charge is 1.97. The van der Waals surface area contributed by atoms with E-state index in [2.05, 4.69) is 18.8 Å². The van der Waals surface area contributed by atoms with Crippen molar-refractivity contribution in [2.24, 2.45) is 0 Å². The van der Waals surface area contributed by atoms with E-state index in [1.165, 1.54) is 12.8 Å². The molecule has 0 radical (unpaired) electrons. The summed E-state index contributed by atoms with van der Waals surface area (Å²) < 4.78 is 0. The highest BCUT2D eigenvalue weighted by Crippen LogP contribution is 2.08. The fourth-order valence-corrected chi connectivity index (χ4v) is 2.19. The lowest BCUT2D eigenvalue weighted by molar-refractivity contribution is -0.137. The highest BCUT2D eigenvalue weighted by molar-refractivity contribution is 5.66. The van der Waals surface area contributed by atoms with Gasteiger partial charge in [0.05, 0.1) is 6.10 Å². The van der Waals surface area contributed by atoms with Crippen LogP contribution in [0.5, 0.6) is 0 Å². The van der Waals surface area contributed by atoms with Gasteiger partial charge in [-0.2, -0.15) is 0 Å². The normalized spacial score (nSPS) is 12.1. The SMILES string of the molecule is CCCCC[C@@H](O)/C=C/C#CCCCCCCCCC(=O)O. The Morgan fingerprint density at radius 1 is 1.05 bits per heavy atom. The van der Waals surface area contributed by atoms with Crippen LogP contribution >= 0.6 is 0 Å². The molecule has 1 atom stereocenters. The second kappa shape index (κ2) is 16.1. The average molecular weight is 308 g/mol. The third kappa shape index (κ3) is 16.8. The van der Waals surface area contributed by atoms with Gasteiger partial charge in [-0.05, 0) is 31.4 Å². The van der Waals surface area contributed by atoms with E-state index in [4.69, 9.17) is 5.11 Å². The van der Waals surface area contributed by atoms with Crippen LogP contribution < -0.4 is 0 Å². The van der Waals surface area contributed by atoms with E-state index in [0.29, 0.717) is 6.42 Å². The molecule has 0 bridgehead atoms. The molecular weight excluding hydrogens is 276 g/mol. The number of carboxylic acid groups (broad SMARTS) is 1. The zero-order valence-corrected chi connectivity index (χ0v) is 14.0. The lowest BCUT2D eigenvalue weighted by Gasteiger charge is -2.02. The summed E-state index contributed by atoms with van der Waals surface area (Å²) in [7, 11) is 0. The number of allylic oxidation sites excluding steroid dienone is 1. The molecular formula is C19H32O3. The number of carboxylic acids is 1. The third-order valence-electron chi connectivity index (χ3n) is 3.55. The first kappa shape index (κ1) is 20.7. The van der Waals surface area contributed by atoms with Gasteiger partial charge in [-0.25, -0.2) is 0 Å². The molecule has 0 spiro atoms. The predicted molar refractivity (Wildman–Crippen MR) is 91.6 cm³/mol. The van der Waals surface area contributed by atoms with E-state index >= 15 is 0 Å². The van der Waals surface area contributed by atoms with Crippen molar-refractivity contribution < 1.29 is 15.0 Å². The summed E-state index contributed by atoms with van der Waals surface area (Å²) in [6.45, 7) is 2.16. The molecule has 2 N–H and O–H groups in total. The predicted octanol–water partition coefficient (Wildman–Crippen LogP) is 4.69. The molecule has 0 aliphatic rings. The van der Waals surface area contributed by atoms with Gasteiger partial charge in [0, 0.05) is 12.8 Å². The molecule has 0 saturated carbocycles. The van der Waals surface area contributed by atoms with E-state index < -0.39 is 5.97 Å². The van der Waals surface area contributed by atoms with Gasteiger partial charge in [-0.1, -0.05) is 63.7 Å². The first-order valence-electron chi connectivity index (χ1n) is 8.71. The van der Waals surface area contributed by atoms with Crippen molar-refractivity contribution in [3.63, 3.8) is 0 Å². The van der Waals surface area contributed by atoms with Crippen LogP contribution in [-0.4, -0.2) is 22.3 Å². The molecule has 0 heterocycles. The molecule has 0 amide bonds. The molecule has 0 fully saturated rings. The van der Waals surface area contributed by atoms with Crippen molar-refractivity contribution in [2.75, 3.05) is 0 Å². The molecule has 0 aliphatic carbocycles. The van der Waals surface area contributed by atoms with Crippen LogP contribution in [-0.2, 0) is 4.79 Å².